The van der Waals surface area contributed by atoms with Gasteiger partial charge in [-0.1, -0.05) is 30.3 Å². The van der Waals surface area contributed by atoms with Crippen LogP contribution in [-0.2, 0) is 11.2 Å². The number of amides is 1. The van der Waals surface area contributed by atoms with Crippen LogP contribution in [0.25, 0.3) is 11.0 Å². The molecule has 7 heteroatoms. The van der Waals surface area contributed by atoms with E-state index < -0.39 is 0 Å². The lowest BCUT2D eigenvalue weighted by atomic mass is 10.0. The van der Waals surface area contributed by atoms with Gasteiger partial charge in [0.15, 0.2) is 0 Å². The summed E-state index contributed by atoms with van der Waals surface area (Å²) in [4.78, 5) is 22.6. The molecule has 7 nitrogen and oxygen atoms in total. The smallest absolute Gasteiger partial charge is 0.234 e. The molecule has 152 valence electrons. The molecule has 0 aliphatic carbocycles. The maximum Gasteiger partial charge on any atom is 0.234 e. The Morgan fingerprint density at radius 2 is 2.07 bits per heavy atom. The van der Waals surface area contributed by atoms with Gasteiger partial charge in [-0.3, -0.25) is 9.69 Å². The fourth-order valence-corrected chi connectivity index (χ4v) is 3.87. The van der Waals surface area contributed by atoms with Crippen LogP contribution in [0.2, 0.25) is 0 Å². The van der Waals surface area contributed by atoms with E-state index in [1.165, 1.54) is 0 Å². The zero-order valence-electron chi connectivity index (χ0n) is 16.6. The van der Waals surface area contributed by atoms with Gasteiger partial charge < -0.3 is 20.4 Å². The first-order valence-electron chi connectivity index (χ1n) is 10.0. The van der Waals surface area contributed by atoms with Crippen molar-refractivity contribution in [1.82, 2.24) is 25.5 Å². The molecule has 1 atom stereocenters. The lowest BCUT2D eigenvalue weighted by molar-refractivity contribution is -0.123. The summed E-state index contributed by atoms with van der Waals surface area (Å²) in [6, 6.07) is 16.1. The Bertz CT molecular complexity index is 938. The predicted molar refractivity (Wildman–Crippen MR) is 113 cm³/mol. The molecular weight excluding hydrogens is 366 g/mol. The molecule has 29 heavy (non-hydrogen) atoms. The largest absolute Gasteiger partial charge is 0.496 e. The van der Waals surface area contributed by atoms with Crippen LogP contribution in [0.3, 0.4) is 0 Å². The number of aromatic nitrogens is 2. The average Bonchev–Trinajstić information content (AvgIpc) is 3.17. The highest BCUT2D eigenvalue weighted by atomic mass is 16.5. The van der Waals surface area contributed by atoms with Gasteiger partial charge in [-0.05, 0) is 18.2 Å². The van der Waals surface area contributed by atoms with E-state index in [1.54, 1.807) is 7.11 Å². The van der Waals surface area contributed by atoms with Gasteiger partial charge in [-0.15, -0.1) is 0 Å². The number of fused-ring (bicyclic) bond motifs is 1. The number of H-pyrrole nitrogens is 1. The zero-order valence-corrected chi connectivity index (χ0v) is 16.6. The molecule has 0 bridgehead atoms. The lowest BCUT2D eigenvalue weighted by Gasteiger charge is -2.36. The van der Waals surface area contributed by atoms with Gasteiger partial charge in [0.1, 0.15) is 11.6 Å². The molecule has 1 aliphatic rings. The van der Waals surface area contributed by atoms with Crippen LogP contribution in [0.15, 0.2) is 48.5 Å². The Kier molecular flexibility index (Phi) is 6.07. The highest BCUT2D eigenvalue weighted by Crippen LogP contribution is 2.29. The molecule has 3 N–H and O–H groups in total. The summed E-state index contributed by atoms with van der Waals surface area (Å²) in [6.45, 7) is 3.42. The number of aromatic amines is 1. The number of para-hydroxylation sites is 3. The minimum Gasteiger partial charge on any atom is -0.496 e. The summed E-state index contributed by atoms with van der Waals surface area (Å²) in [5, 5.41) is 6.46. The van der Waals surface area contributed by atoms with E-state index in [9.17, 15) is 4.79 Å². The van der Waals surface area contributed by atoms with Crippen molar-refractivity contribution >= 4 is 16.9 Å². The molecule has 0 spiro atoms. The number of hydrogen-bond donors (Lipinski definition) is 3. The van der Waals surface area contributed by atoms with Crippen molar-refractivity contribution in [2.45, 2.75) is 12.5 Å². The quantitative estimate of drug-likeness (QED) is 0.571. The van der Waals surface area contributed by atoms with Crippen LogP contribution in [0.5, 0.6) is 5.75 Å². The van der Waals surface area contributed by atoms with E-state index in [4.69, 9.17) is 4.74 Å². The molecular formula is C22H27N5O2. The van der Waals surface area contributed by atoms with Gasteiger partial charge >= 0.3 is 0 Å². The number of nitrogens with zero attached hydrogens (tertiary/aromatic N) is 2. The third-order valence-electron chi connectivity index (χ3n) is 5.32. The minimum absolute atomic E-state index is 0.0305. The Hall–Kier alpha value is -2.90. The van der Waals surface area contributed by atoms with Gasteiger partial charge in [-0.2, -0.15) is 0 Å². The highest BCUT2D eigenvalue weighted by molar-refractivity contribution is 5.78. The number of imidazole rings is 1. The van der Waals surface area contributed by atoms with E-state index in [1.807, 2.05) is 42.5 Å². The monoisotopic (exact) mass is 393 g/mol. The molecule has 1 aliphatic heterocycles. The van der Waals surface area contributed by atoms with Gasteiger partial charge in [0, 0.05) is 38.2 Å². The van der Waals surface area contributed by atoms with Crippen molar-refractivity contribution in [3.05, 3.63) is 59.9 Å². The number of carbonyl (C=O) groups excluding carboxylic acids is 1. The first-order chi connectivity index (χ1) is 14.2. The van der Waals surface area contributed by atoms with E-state index in [0.29, 0.717) is 19.5 Å². The Morgan fingerprint density at radius 1 is 1.24 bits per heavy atom. The first-order valence-corrected chi connectivity index (χ1v) is 10.0. The minimum atomic E-state index is 0.0305. The Balaban J connectivity index is 1.33. The molecule has 1 aromatic heterocycles. The standard InChI is InChI=1S/C22H27N5O2/c1-29-20-9-5-2-6-16(20)19-14-23-12-13-27(19)15-22(28)24-11-10-21-25-17-7-3-4-8-18(17)26-21/h2-9,19,23H,10-15H2,1H3,(H,24,28)(H,25,26)/t19-/m1/s1. The van der Waals surface area contributed by atoms with Crippen molar-refractivity contribution in [3.63, 3.8) is 0 Å². The van der Waals surface area contributed by atoms with Crippen LogP contribution in [0.1, 0.15) is 17.4 Å². The number of ether oxygens (including phenoxy) is 1. The molecule has 2 heterocycles. The maximum absolute atomic E-state index is 12.6. The van der Waals surface area contributed by atoms with Crippen molar-refractivity contribution in [2.75, 3.05) is 39.8 Å². The zero-order chi connectivity index (χ0) is 20.1. The molecule has 0 unspecified atom stereocenters. The summed E-state index contributed by atoms with van der Waals surface area (Å²) in [5.41, 5.74) is 3.08. The number of carbonyl (C=O) groups is 1. The molecule has 2 aromatic carbocycles. The van der Waals surface area contributed by atoms with Crippen molar-refractivity contribution in [3.8, 4) is 5.75 Å². The second kappa shape index (κ2) is 9.07. The van der Waals surface area contributed by atoms with Crippen molar-refractivity contribution in [2.24, 2.45) is 0 Å². The summed E-state index contributed by atoms with van der Waals surface area (Å²) < 4.78 is 5.53. The van der Waals surface area contributed by atoms with E-state index in [0.717, 1.165) is 47.8 Å². The topological polar surface area (TPSA) is 82.3 Å². The average molecular weight is 393 g/mol. The maximum atomic E-state index is 12.6. The molecule has 0 saturated carbocycles. The van der Waals surface area contributed by atoms with Gasteiger partial charge in [0.2, 0.25) is 5.91 Å². The second-order valence-electron chi connectivity index (χ2n) is 7.23. The number of benzene rings is 2. The molecule has 4 rings (SSSR count). The van der Waals surface area contributed by atoms with Crippen LogP contribution >= 0.6 is 0 Å². The summed E-state index contributed by atoms with van der Waals surface area (Å²) in [7, 11) is 1.68. The fraction of sp³-hybridized carbons (Fsp3) is 0.364. The number of nitrogens with one attached hydrogen (secondary N) is 3. The highest BCUT2D eigenvalue weighted by Gasteiger charge is 2.27. The Labute approximate surface area is 170 Å². The second-order valence-corrected chi connectivity index (χ2v) is 7.23. The van der Waals surface area contributed by atoms with Gasteiger partial charge in [0.25, 0.3) is 0 Å². The lowest BCUT2D eigenvalue weighted by Crippen LogP contribution is -2.49. The molecule has 1 amide bonds. The van der Waals surface area contributed by atoms with Crippen LogP contribution in [0.4, 0.5) is 0 Å². The van der Waals surface area contributed by atoms with Crippen LogP contribution in [-0.4, -0.2) is 60.6 Å². The van der Waals surface area contributed by atoms with E-state index in [2.05, 4.69) is 31.6 Å². The van der Waals surface area contributed by atoms with Crippen LogP contribution in [0, 0.1) is 0 Å². The SMILES string of the molecule is COc1ccccc1[C@H]1CNCCN1CC(=O)NCCc1nc2ccccc2[nH]1. The van der Waals surface area contributed by atoms with Crippen molar-refractivity contribution in [1.29, 1.82) is 0 Å². The molecule has 0 radical (unpaired) electrons. The Morgan fingerprint density at radius 3 is 2.93 bits per heavy atom. The number of hydrogen-bond acceptors (Lipinski definition) is 5. The van der Waals surface area contributed by atoms with Gasteiger partial charge in [0.05, 0.1) is 30.7 Å². The molecule has 1 saturated heterocycles. The molecule has 1 fully saturated rings. The van der Waals surface area contributed by atoms with Crippen molar-refractivity contribution < 1.29 is 9.53 Å². The third-order valence-corrected chi connectivity index (χ3v) is 5.32. The van der Waals surface area contributed by atoms with E-state index in [-0.39, 0.29) is 11.9 Å². The summed E-state index contributed by atoms with van der Waals surface area (Å²) in [5.74, 6) is 1.78. The number of piperazine rings is 1. The molecule has 3 aromatic rings. The first kappa shape index (κ1) is 19.4. The third kappa shape index (κ3) is 4.58. The fourth-order valence-electron chi connectivity index (χ4n) is 3.87. The number of rotatable bonds is 7. The normalized spacial score (nSPS) is 17.3. The van der Waals surface area contributed by atoms with Crippen LogP contribution < -0.4 is 15.4 Å². The van der Waals surface area contributed by atoms with E-state index >= 15 is 0 Å². The summed E-state index contributed by atoms with van der Waals surface area (Å²) >= 11 is 0. The number of methoxy groups -OCH3 is 1. The van der Waals surface area contributed by atoms with Gasteiger partial charge in [-0.25, -0.2) is 4.98 Å². The predicted octanol–water partition coefficient (Wildman–Crippen LogP) is 1.88. The summed E-state index contributed by atoms with van der Waals surface area (Å²) in [6.07, 6.45) is 0.678.